The van der Waals surface area contributed by atoms with Crippen LogP contribution in [-0.2, 0) is 16.1 Å². The number of carboxylic acid groups (broad SMARTS) is 1. The molecule has 1 atom stereocenters. The number of benzene rings is 1. The van der Waals surface area contributed by atoms with Crippen molar-refractivity contribution >= 4 is 47.2 Å². The Morgan fingerprint density at radius 1 is 1.38 bits per heavy atom. The molecule has 1 aromatic carbocycles. The summed E-state index contributed by atoms with van der Waals surface area (Å²) in [5, 5.41) is 9.19. The lowest BCUT2D eigenvalue weighted by Gasteiger charge is -2.28. The van der Waals surface area contributed by atoms with E-state index in [2.05, 4.69) is 0 Å². The molecule has 0 bridgehead atoms. The number of carboxylic acids is 1. The van der Waals surface area contributed by atoms with Gasteiger partial charge in [-0.1, -0.05) is 41.9 Å². The van der Waals surface area contributed by atoms with Crippen molar-refractivity contribution in [2.24, 2.45) is 0 Å². The van der Waals surface area contributed by atoms with Crippen molar-refractivity contribution in [3.8, 4) is 0 Å². The number of alkyl halides is 1. The number of hydrogen-bond acceptors (Lipinski definition) is 4. The summed E-state index contributed by atoms with van der Waals surface area (Å²) in [5.74, 6) is -0.963. The lowest BCUT2D eigenvalue weighted by atomic mass is 10.2. The second-order valence-corrected chi connectivity index (χ2v) is 6.08. The molecule has 8 heteroatoms. The van der Waals surface area contributed by atoms with Gasteiger partial charge in [0.2, 0.25) is 5.00 Å². The molecule has 1 N–H and O–H groups in total. The molecule has 116 valence electrons. The maximum absolute atomic E-state index is 11.8. The smallest absolute Gasteiger partial charge is 0.427 e. The zero-order valence-corrected chi connectivity index (χ0v) is 13.6. The van der Waals surface area contributed by atoms with Gasteiger partial charge in [0.15, 0.2) is 0 Å². The predicted molar refractivity (Wildman–Crippen MR) is 83.5 cm³/mol. The average Bonchev–Trinajstić information content (AvgIpc) is 2.50. The van der Waals surface area contributed by atoms with Crippen molar-refractivity contribution in [1.29, 1.82) is 0 Å². The topological polar surface area (TPSA) is 66.8 Å². The number of halogens is 2. The zero-order chi connectivity index (χ0) is 15.9. The number of carbonyl (C=O) groups is 2. The van der Waals surface area contributed by atoms with E-state index in [1.807, 2.05) is 6.07 Å². The molecule has 0 heterocycles. The summed E-state index contributed by atoms with van der Waals surface area (Å²) in [7, 11) is 0. The van der Waals surface area contributed by atoms with Crippen molar-refractivity contribution in [3.63, 3.8) is 0 Å². The van der Waals surface area contributed by atoms with Crippen LogP contribution in [0.15, 0.2) is 30.3 Å². The van der Waals surface area contributed by atoms with Gasteiger partial charge in [0.05, 0.1) is 0 Å². The normalized spacial score (nSPS) is 13.3. The van der Waals surface area contributed by atoms with Crippen molar-refractivity contribution in [2.75, 3.05) is 12.0 Å². The van der Waals surface area contributed by atoms with E-state index in [1.54, 1.807) is 30.5 Å². The number of hydrogen-bond donors (Lipinski definition) is 1. The minimum Gasteiger partial charge on any atom is -0.479 e. The van der Waals surface area contributed by atoms with E-state index in [1.165, 1.54) is 11.8 Å². The third kappa shape index (κ3) is 4.98. The van der Waals surface area contributed by atoms with Crippen LogP contribution in [0.2, 0.25) is 0 Å². The van der Waals surface area contributed by atoms with Gasteiger partial charge in [-0.2, -0.15) is 16.2 Å². The van der Waals surface area contributed by atoms with E-state index in [0.29, 0.717) is 10.2 Å². The highest BCUT2D eigenvalue weighted by Crippen LogP contribution is 2.30. The van der Waals surface area contributed by atoms with E-state index in [-0.39, 0.29) is 13.0 Å². The molecule has 1 amide bonds. The monoisotopic (exact) mass is 351 g/mol. The lowest BCUT2D eigenvalue weighted by Crippen LogP contribution is -2.48. The van der Waals surface area contributed by atoms with Gasteiger partial charge in [0.25, 0.3) is 0 Å². The minimum absolute atomic E-state index is 0.00497. The third-order valence-electron chi connectivity index (χ3n) is 2.64. The first kappa shape index (κ1) is 17.9. The molecule has 0 radical (unpaired) electrons. The molecule has 1 aromatic rings. The molecule has 0 aliphatic carbocycles. The number of amides is 1. The highest BCUT2D eigenvalue weighted by molar-refractivity contribution is 7.98. The fraction of sp³-hybridized carbons (Fsp3) is 0.385. The molecule has 0 aromatic heterocycles. The van der Waals surface area contributed by atoms with Crippen LogP contribution in [0.5, 0.6) is 0 Å². The number of carbonyl (C=O) groups excluding carboxylic acids is 1. The Labute approximate surface area is 137 Å². The first-order valence-corrected chi connectivity index (χ1v) is 8.10. The zero-order valence-electron chi connectivity index (χ0n) is 11.3. The Balaban J connectivity index is 2.68. The van der Waals surface area contributed by atoms with Gasteiger partial charge in [0, 0.05) is 18.2 Å². The highest BCUT2D eigenvalue weighted by Gasteiger charge is 2.45. The molecular weight excluding hydrogens is 337 g/mol. The quantitative estimate of drug-likeness (QED) is 0.462. The van der Waals surface area contributed by atoms with Crippen LogP contribution in [0.4, 0.5) is 4.79 Å². The molecule has 0 aliphatic heterocycles. The van der Waals surface area contributed by atoms with Gasteiger partial charge in [-0.3, -0.25) is 0 Å². The van der Waals surface area contributed by atoms with Crippen LogP contribution in [0.1, 0.15) is 12.0 Å². The van der Waals surface area contributed by atoms with Crippen LogP contribution in [0.3, 0.4) is 0 Å². The van der Waals surface area contributed by atoms with Gasteiger partial charge < -0.3 is 9.84 Å². The van der Waals surface area contributed by atoms with Crippen LogP contribution < -0.4 is 0 Å². The van der Waals surface area contributed by atoms with E-state index >= 15 is 0 Å². The summed E-state index contributed by atoms with van der Waals surface area (Å²) in [5.41, 5.74) is 0.760. The van der Waals surface area contributed by atoms with Gasteiger partial charge in [-0.05, 0) is 17.6 Å². The second kappa shape index (κ2) is 8.36. The number of rotatable bonds is 7. The predicted octanol–water partition coefficient (Wildman–Crippen LogP) is 3.55. The lowest BCUT2D eigenvalue weighted by molar-refractivity contribution is -0.143. The van der Waals surface area contributed by atoms with Gasteiger partial charge in [-0.25, -0.2) is 9.59 Å². The highest BCUT2D eigenvalue weighted by atomic mass is 35.5. The second-order valence-electron chi connectivity index (χ2n) is 4.13. The Kier molecular flexibility index (Phi) is 7.14. The summed E-state index contributed by atoms with van der Waals surface area (Å²) in [6.45, 7) is -0.0159. The minimum atomic E-state index is -2.03. The molecular formula is C13H15Cl2NO4S. The summed E-state index contributed by atoms with van der Waals surface area (Å²) < 4.78 is 5.37. The molecule has 5 nitrogen and oxygen atoms in total. The van der Waals surface area contributed by atoms with E-state index in [9.17, 15) is 14.7 Å². The van der Waals surface area contributed by atoms with E-state index in [4.69, 9.17) is 28.1 Å². The van der Waals surface area contributed by atoms with Crippen molar-refractivity contribution < 1.29 is 19.4 Å². The fourth-order valence-electron chi connectivity index (χ4n) is 1.45. The molecule has 0 spiro atoms. The summed E-state index contributed by atoms with van der Waals surface area (Å²) in [6, 6.07) is 8.96. The molecule has 21 heavy (non-hydrogen) atoms. The molecule has 0 fully saturated rings. The molecule has 0 saturated heterocycles. The standard InChI is InChI=1S/C13H15Cl2NO4S/c1-21-8-7-13(14,11(17)18)16(15)12(19)20-9-10-5-3-2-4-6-10/h2-6H,7-9H2,1H3,(H,17,18)/t13-/m0/s1. The molecule has 0 saturated carbocycles. The van der Waals surface area contributed by atoms with Gasteiger partial charge >= 0.3 is 12.1 Å². The Morgan fingerprint density at radius 3 is 2.52 bits per heavy atom. The Bertz CT molecular complexity index is 488. The van der Waals surface area contributed by atoms with Crippen molar-refractivity contribution in [3.05, 3.63) is 35.9 Å². The fourth-order valence-corrected chi connectivity index (χ4v) is 2.43. The summed E-state index contributed by atoms with van der Waals surface area (Å²) in [4.78, 5) is 21.1. The van der Waals surface area contributed by atoms with Crippen LogP contribution in [0, 0.1) is 0 Å². The average molecular weight is 352 g/mol. The number of thioether (sulfide) groups is 1. The van der Waals surface area contributed by atoms with Crippen LogP contribution in [-0.4, -0.2) is 38.6 Å². The van der Waals surface area contributed by atoms with Crippen LogP contribution in [0.25, 0.3) is 0 Å². The van der Waals surface area contributed by atoms with Crippen molar-refractivity contribution in [2.45, 2.75) is 18.0 Å². The number of nitrogens with zero attached hydrogens (tertiary/aromatic N) is 1. The first-order valence-electron chi connectivity index (χ1n) is 5.99. The summed E-state index contributed by atoms with van der Waals surface area (Å²) >= 11 is 13.1. The number of ether oxygens (including phenoxy) is 1. The van der Waals surface area contributed by atoms with E-state index < -0.39 is 17.1 Å². The van der Waals surface area contributed by atoms with Crippen molar-refractivity contribution in [1.82, 2.24) is 4.42 Å². The SMILES string of the molecule is CSCC[C@@](Cl)(C(=O)O)N(Cl)C(=O)OCc1ccccc1. The van der Waals surface area contributed by atoms with Gasteiger partial charge in [0.1, 0.15) is 6.61 Å². The molecule has 0 unspecified atom stereocenters. The maximum atomic E-state index is 11.8. The number of aliphatic carboxylic acids is 1. The third-order valence-corrected chi connectivity index (χ3v) is 4.29. The molecule has 0 aliphatic rings. The van der Waals surface area contributed by atoms with Crippen LogP contribution >= 0.6 is 35.1 Å². The first-order chi connectivity index (χ1) is 9.91. The van der Waals surface area contributed by atoms with E-state index in [0.717, 1.165) is 5.56 Å². The summed E-state index contributed by atoms with van der Waals surface area (Å²) in [6.07, 6.45) is 0.791. The molecule has 1 rings (SSSR count). The van der Waals surface area contributed by atoms with Gasteiger partial charge in [-0.15, -0.1) is 0 Å². The Hall–Kier alpha value is -1.11. The maximum Gasteiger partial charge on any atom is 0.427 e. The largest absolute Gasteiger partial charge is 0.479 e. The Morgan fingerprint density at radius 2 is 2.00 bits per heavy atom.